The van der Waals surface area contributed by atoms with E-state index in [0.717, 1.165) is 61.7 Å². The summed E-state index contributed by atoms with van der Waals surface area (Å²) in [6, 6.07) is 11.9. The molecule has 3 aromatic rings. The molecule has 1 fully saturated rings. The average Bonchev–Trinajstić information content (AvgIpc) is 3.14. The SMILES string of the molecule is CN1CCc2cnc(N3CCNCC3)nc21.O=S(=O)(O)c1ccc2ccccc2c1. The van der Waals surface area contributed by atoms with Gasteiger partial charge in [-0.05, 0) is 29.3 Å². The Bertz CT molecular complexity index is 1150. The molecule has 2 aromatic carbocycles. The van der Waals surface area contributed by atoms with Gasteiger partial charge in [0, 0.05) is 51.5 Å². The summed E-state index contributed by atoms with van der Waals surface area (Å²) in [6.45, 7) is 5.12. The summed E-state index contributed by atoms with van der Waals surface area (Å²) in [6.07, 6.45) is 3.07. The van der Waals surface area contributed by atoms with E-state index in [0.29, 0.717) is 0 Å². The lowest BCUT2D eigenvalue weighted by Gasteiger charge is -2.27. The average molecular weight is 428 g/mol. The highest BCUT2D eigenvalue weighted by atomic mass is 32.2. The number of fused-ring (bicyclic) bond motifs is 2. The molecule has 1 saturated heterocycles. The molecule has 0 unspecified atom stereocenters. The van der Waals surface area contributed by atoms with Gasteiger partial charge >= 0.3 is 0 Å². The predicted octanol–water partition coefficient (Wildman–Crippen LogP) is 1.97. The fraction of sp³-hybridized carbons (Fsp3) is 0.333. The maximum Gasteiger partial charge on any atom is 0.294 e. The van der Waals surface area contributed by atoms with Crippen molar-refractivity contribution >= 4 is 32.7 Å². The Morgan fingerprint density at radius 3 is 2.50 bits per heavy atom. The lowest BCUT2D eigenvalue weighted by molar-refractivity contribution is 0.483. The molecular weight excluding hydrogens is 402 g/mol. The molecule has 3 heterocycles. The molecule has 9 heteroatoms. The topological polar surface area (TPSA) is 98.7 Å². The molecule has 0 amide bonds. The number of piperazine rings is 1. The van der Waals surface area contributed by atoms with Crippen molar-refractivity contribution in [1.29, 1.82) is 0 Å². The number of nitrogens with zero attached hydrogens (tertiary/aromatic N) is 4. The van der Waals surface area contributed by atoms with Crippen LogP contribution in [0.1, 0.15) is 5.56 Å². The third-order valence-electron chi connectivity index (χ3n) is 5.33. The van der Waals surface area contributed by atoms with Gasteiger partial charge in [0.25, 0.3) is 10.1 Å². The Morgan fingerprint density at radius 2 is 1.77 bits per heavy atom. The van der Waals surface area contributed by atoms with Crippen molar-refractivity contribution in [2.24, 2.45) is 0 Å². The van der Waals surface area contributed by atoms with Gasteiger partial charge in [0.1, 0.15) is 5.82 Å². The van der Waals surface area contributed by atoms with E-state index in [9.17, 15) is 8.42 Å². The smallest absolute Gasteiger partial charge is 0.294 e. The van der Waals surface area contributed by atoms with Gasteiger partial charge in [-0.1, -0.05) is 30.3 Å². The Hall–Kier alpha value is -2.75. The van der Waals surface area contributed by atoms with E-state index in [4.69, 9.17) is 4.55 Å². The lowest BCUT2D eigenvalue weighted by atomic mass is 10.1. The molecule has 0 bridgehead atoms. The molecule has 0 saturated carbocycles. The van der Waals surface area contributed by atoms with Crippen molar-refractivity contribution in [3.8, 4) is 0 Å². The van der Waals surface area contributed by atoms with Crippen LogP contribution in [0.15, 0.2) is 53.6 Å². The zero-order valence-electron chi connectivity index (χ0n) is 16.8. The second kappa shape index (κ2) is 8.55. The van der Waals surface area contributed by atoms with Crippen LogP contribution in [0.25, 0.3) is 10.8 Å². The van der Waals surface area contributed by atoms with E-state index in [1.165, 1.54) is 17.7 Å². The number of aromatic nitrogens is 2. The van der Waals surface area contributed by atoms with Gasteiger partial charge in [0.15, 0.2) is 0 Å². The van der Waals surface area contributed by atoms with Gasteiger partial charge in [-0.3, -0.25) is 4.55 Å². The lowest BCUT2D eigenvalue weighted by Crippen LogP contribution is -2.44. The number of hydrogen-bond donors (Lipinski definition) is 2. The largest absolute Gasteiger partial charge is 0.359 e. The van der Waals surface area contributed by atoms with Crippen molar-refractivity contribution in [3.05, 3.63) is 54.2 Å². The zero-order valence-corrected chi connectivity index (χ0v) is 17.6. The quantitative estimate of drug-likeness (QED) is 0.599. The molecule has 0 radical (unpaired) electrons. The normalized spacial score (nSPS) is 16.2. The van der Waals surface area contributed by atoms with E-state index >= 15 is 0 Å². The minimum atomic E-state index is -4.09. The number of anilines is 2. The third kappa shape index (κ3) is 4.53. The molecule has 8 nitrogen and oxygen atoms in total. The molecule has 0 aliphatic carbocycles. The number of benzene rings is 2. The Kier molecular flexibility index (Phi) is 5.85. The zero-order chi connectivity index (χ0) is 21.1. The van der Waals surface area contributed by atoms with Crippen molar-refractivity contribution in [1.82, 2.24) is 15.3 Å². The summed E-state index contributed by atoms with van der Waals surface area (Å²) in [7, 11) is -2.00. The first-order valence-electron chi connectivity index (χ1n) is 9.91. The second-order valence-corrected chi connectivity index (χ2v) is 8.83. The molecule has 1 aromatic heterocycles. The number of likely N-dealkylation sites (N-methyl/N-ethyl adjacent to an activating group) is 1. The summed E-state index contributed by atoms with van der Waals surface area (Å²) in [5.74, 6) is 2.00. The molecule has 30 heavy (non-hydrogen) atoms. The van der Waals surface area contributed by atoms with Crippen LogP contribution < -0.4 is 15.1 Å². The summed E-state index contributed by atoms with van der Waals surface area (Å²) < 4.78 is 30.5. The molecule has 2 aliphatic rings. The highest BCUT2D eigenvalue weighted by Gasteiger charge is 2.21. The second-order valence-electron chi connectivity index (χ2n) is 7.41. The van der Waals surface area contributed by atoms with Crippen molar-refractivity contribution in [2.75, 3.05) is 49.6 Å². The van der Waals surface area contributed by atoms with Gasteiger partial charge in [-0.2, -0.15) is 13.4 Å². The Labute approximate surface area is 176 Å². The molecule has 2 N–H and O–H groups in total. The Balaban J connectivity index is 0.000000147. The molecule has 158 valence electrons. The number of rotatable bonds is 2. The molecule has 0 atom stereocenters. The summed E-state index contributed by atoms with van der Waals surface area (Å²) in [5, 5.41) is 5.08. The number of hydrogen-bond acceptors (Lipinski definition) is 7. The first-order chi connectivity index (χ1) is 14.4. The minimum Gasteiger partial charge on any atom is -0.359 e. The van der Waals surface area contributed by atoms with Crippen LogP contribution in [0.4, 0.5) is 11.8 Å². The summed E-state index contributed by atoms with van der Waals surface area (Å²) in [5.41, 5.74) is 1.28. The monoisotopic (exact) mass is 427 g/mol. The highest BCUT2D eigenvalue weighted by molar-refractivity contribution is 7.85. The van der Waals surface area contributed by atoms with Crippen molar-refractivity contribution in [2.45, 2.75) is 11.3 Å². The number of nitrogens with one attached hydrogen (secondary N) is 1. The van der Waals surface area contributed by atoms with E-state index in [2.05, 4.69) is 32.1 Å². The van der Waals surface area contributed by atoms with Crippen molar-refractivity contribution in [3.63, 3.8) is 0 Å². The minimum absolute atomic E-state index is 0.0730. The van der Waals surface area contributed by atoms with Gasteiger partial charge in [0.05, 0.1) is 4.90 Å². The van der Waals surface area contributed by atoms with Gasteiger partial charge in [-0.25, -0.2) is 4.98 Å². The van der Waals surface area contributed by atoms with Crippen LogP contribution in [0.3, 0.4) is 0 Å². The summed E-state index contributed by atoms with van der Waals surface area (Å²) in [4.78, 5) is 13.5. The van der Waals surface area contributed by atoms with Crippen LogP contribution in [0.2, 0.25) is 0 Å². The maximum atomic E-state index is 10.8. The standard InChI is InChI=1S/C11H17N5.C10H8O3S/c1-15-5-2-9-8-13-11(14-10(9)15)16-6-3-12-4-7-16;11-14(12,13)10-6-5-8-3-1-2-4-9(8)7-10/h8,12H,2-7H2,1H3;1-7H,(H,11,12,13). The third-order valence-corrected chi connectivity index (χ3v) is 6.18. The van der Waals surface area contributed by atoms with Crippen molar-refractivity contribution < 1.29 is 13.0 Å². The molecule has 0 spiro atoms. The van der Waals surface area contributed by atoms with E-state index in [-0.39, 0.29) is 4.90 Å². The fourth-order valence-electron chi connectivity index (χ4n) is 3.63. The van der Waals surface area contributed by atoms with Crippen LogP contribution in [-0.4, -0.2) is 62.7 Å². The highest BCUT2D eigenvalue weighted by Crippen LogP contribution is 2.25. The van der Waals surface area contributed by atoms with Gasteiger partial charge in [0.2, 0.25) is 5.95 Å². The fourth-order valence-corrected chi connectivity index (χ4v) is 4.15. The van der Waals surface area contributed by atoms with Gasteiger partial charge in [-0.15, -0.1) is 0 Å². The molecule has 2 aliphatic heterocycles. The Morgan fingerprint density at radius 1 is 1.03 bits per heavy atom. The molecule has 5 rings (SSSR count). The summed E-state index contributed by atoms with van der Waals surface area (Å²) >= 11 is 0. The van der Waals surface area contributed by atoms with Crippen LogP contribution in [-0.2, 0) is 16.5 Å². The van der Waals surface area contributed by atoms with Crippen LogP contribution in [0, 0.1) is 0 Å². The van der Waals surface area contributed by atoms with Gasteiger partial charge < -0.3 is 15.1 Å². The predicted molar refractivity (Wildman–Crippen MR) is 118 cm³/mol. The first-order valence-corrected chi connectivity index (χ1v) is 11.3. The van der Waals surface area contributed by atoms with Crippen LogP contribution in [0.5, 0.6) is 0 Å². The van der Waals surface area contributed by atoms with E-state index in [1.807, 2.05) is 24.4 Å². The van der Waals surface area contributed by atoms with E-state index < -0.39 is 10.1 Å². The maximum absolute atomic E-state index is 10.8. The van der Waals surface area contributed by atoms with Crippen LogP contribution >= 0.6 is 0 Å². The molecular formula is C21H25N5O3S. The van der Waals surface area contributed by atoms with E-state index in [1.54, 1.807) is 12.1 Å². The first kappa shape index (κ1) is 20.5.